The van der Waals surface area contributed by atoms with Gasteiger partial charge in [0.25, 0.3) is 0 Å². The van der Waals surface area contributed by atoms with Gasteiger partial charge in [-0.25, -0.2) is 0 Å². The van der Waals surface area contributed by atoms with Gasteiger partial charge in [-0.3, -0.25) is 0 Å². The summed E-state index contributed by atoms with van der Waals surface area (Å²) < 4.78 is 5.81. The minimum Gasteiger partial charge on any atom is -0.488 e. The molecule has 2 aliphatic heterocycles. The first kappa shape index (κ1) is 9.04. The van der Waals surface area contributed by atoms with Crippen LogP contribution in [0, 0.1) is 0 Å². The number of nitrogens with one attached hydrogen (secondary N) is 2. The standard InChI is InChI=1S/C12H16N2O/c1-2-9-3-4-10(6-12(9)14-5-1)15-11-7-13-8-11/h3-4,6,11,13-14H,1-2,5,7-8H2. The minimum absolute atomic E-state index is 0.367. The largest absolute Gasteiger partial charge is 0.488 e. The fraction of sp³-hybridized carbons (Fsp3) is 0.500. The van der Waals surface area contributed by atoms with E-state index in [4.69, 9.17) is 4.74 Å². The van der Waals surface area contributed by atoms with Crippen molar-refractivity contribution in [2.45, 2.75) is 18.9 Å². The summed E-state index contributed by atoms with van der Waals surface area (Å²) in [6, 6.07) is 6.40. The highest BCUT2D eigenvalue weighted by Gasteiger charge is 2.18. The summed E-state index contributed by atoms with van der Waals surface area (Å²) in [5.41, 5.74) is 2.67. The molecule has 0 aromatic heterocycles. The molecule has 0 aliphatic carbocycles. The first-order valence-electron chi connectivity index (χ1n) is 5.66. The van der Waals surface area contributed by atoms with E-state index in [0.29, 0.717) is 6.10 Å². The first-order chi connectivity index (χ1) is 7.42. The lowest BCUT2D eigenvalue weighted by atomic mass is 10.0. The minimum atomic E-state index is 0.367. The van der Waals surface area contributed by atoms with Crippen LogP contribution in [0.1, 0.15) is 12.0 Å². The molecular weight excluding hydrogens is 188 g/mol. The lowest BCUT2D eigenvalue weighted by molar-refractivity contribution is 0.142. The van der Waals surface area contributed by atoms with Crippen molar-refractivity contribution < 1.29 is 4.74 Å². The molecule has 3 rings (SSSR count). The van der Waals surface area contributed by atoms with Gasteiger partial charge in [-0.2, -0.15) is 0 Å². The average Bonchev–Trinajstić information content (AvgIpc) is 2.23. The number of aryl methyl sites for hydroxylation is 1. The van der Waals surface area contributed by atoms with Gasteiger partial charge in [-0.15, -0.1) is 0 Å². The topological polar surface area (TPSA) is 33.3 Å². The van der Waals surface area contributed by atoms with Crippen molar-refractivity contribution >= 4 is 5.69 Å². The van der Waals surface area contributed by atoms with E-state index in [1.165, 1.54) is 24.1 Å². The normalized spacial score (nSPS) is 20.0. The zero-order chi connectivity index (χ0) is 10.1. The van der Waals surface area contributed by atoms with E-state index in [1.807, 2.05) is 0 Å². The Kier molecular flexibility index (Phi) is 2.25. The molecule has 2 heterocycles. The van der Waals surface area contributed by atoms with Crippen molar-refractivity contribution in [3.05, 3.63) is 23.8 Å². The Hall–Kier alpha value is -1.22. The molecule has 15 heavy (non-hydrogen) atoms. The molecular formula is C12H16N2O. The summed E-state index contributed by atoms with van der Waals surface area (Å²) in [6.07, 6.45) is 2.79. The molecule has 0 unspecified atom stereocenters. The van der Waals surface area contributed by atoms with Crippen LogP contribution in [0.25, 0.3) is 0 Å². The summed E-state index contributed by atoms with van der Waals surface area (Å²) in [5.74, 6) is 0.995. The average molecular weight is 204 g/mol. The molecule has 0 amide bonds. The molecule has 2 aliphatic rings. The van der Waals surface area contributed by atoms with E-state index in [-0.39, 0.29) is 0 Å². The molecule has 1 fully saturated rings. The maximum Gasteiger partial charge on any atom is 0.123 e. The van der Waals surface area contributed by atoms with Gasteiger partial charge in [0.05, 0.1) is 0 Å². The maximum atomic E-state index is 5.81. The Morgan fingerprint density at radius 2 is 2.20 bits per heavy atom. The fourth-order valence-corrected chi connectivity index (χ4v) is 2.05. The molecule has 0 radical (unpaired) electrons. The predicted octanol–water partition coefficient (Wildman–Crippen LogP) is 1.40. The van der Waals surface area contributed by atoms with E-state index in [0.717, 1.165) is 25.4 Å². The second-order valence-electron chi connectivity index (χ2n) is 4.25. The van der Waals surface area contributed by atoms with E-state index < -0.39 is 0 Å². The third-order valence-corrected chi connectivity index (χ3v) is 3.07. The highest BCUT2D eigenvalue weighted by Crippen LogP contribution is 2.27. The molecule has 2 N–H and O–H groups in total. The molecule has 1 aromatic carbocycles. The molecule has 1 saturated heterocycles. The highest BCUT2D eigenvalue weighted by atomic mass is 16.5. The number of ether oxygens (including phenoxy) is 1. The molecule has 3 nitrogen and oxygen atoms in total. The van der Waals surface area contributed by atoms with Crippen molar-refractivity contribution in [2.75, 3.05) is 25.0 Å². The molecule has 3 heteroatoms. The lowest BCUT2D eigenvalue weighted by Crippen LogP contribution is -2.50. The number of rotatable bonds is 2. The lowest BCUT2D eigenvalue weighted by Gasteiger charge is -2.28. The molecule has 80 valence electrons. The van der Waals surface area contributed by atoms with Crippen LogP contribution in [0.2, 0.25) is 0 Å². The predicted molar refractivity (Wildman–Crippen MR) is 60.5 cm³/mol. The summed E-state index contributed by atoms with van der Waals surface area (Å²) in [6.45, 7) is 3.04. The van der Waals surface area contributed by atoms with Gasteiger partial charge in [-0.05, 0) is 24.5 Å². The van der Waals surface area contributed by atoms with Crippen molar-refractivity contribution in [1.82, 2.24) is 5.32 Å². The SMILES string of the molecule is c1cc2c(cc1OC1CNC1)NCCC2. The van der Waals surface area contributed by atoms with Gasteiger partial charge in [0.1, 0.15) is 11.9 Å². The van der Waals surface area contributed by atoms with Crippen LogP contribution < -0.4 is 15.4 Å². The van der Waals surface area contributed by atoms with E-state index >= 15 is 0 Å². The number of hydrogen-bond acceptors (Lipinski definition) is 3. The van der Waals surface area contributed by atoms with Crippen LogP contribution in [-0.4, -0.2) is 25.7 Å². The molecule has 0 spiro atoms. The Bertz CT molecular complexity index is 361. The Morgan fingerprint density at radius 3 is 3.00 bits per heavy atom. The Morgan fingerprint density at radius 1 is 1.27 bits per heavy atom. The number of anilines is 1. The first-order valence-corrected chi connectivity index (χ1v) is 5.66. The number of fused-ring (bicyclic) bond motifs is 1. The maximum absolute atomic E-state index is 5.81. The van der Waals surface area contributed by atoms with Crippen LogP contribution in [-0.2, 0) is 6.42 Å². The van der Waals surface area contributed by atoms with Crippen LogP contribution in [0.4, 0.5) is 5.69 Å². The molecule has 0 atom stereocenters. The van der Waals surface area contributed by atoms with Gasteiger partial charge in [0, 0.05) is 31.4 Å². The van der Waals surface area contributed by atoms with Crippen LogP contribution in [0.5, 0.6) is 5.75 Å². The summed E-state index contributed by atoms with van der Waals surface area (Å²) in [7, 11) is 0. The van der Waals surface area contributed by atoms with E-state index in [2.05, 4.69) is 28.8 Å². The Balaban J connectivity index is 1.77. The van der Waals surface area contributed by atoms with Crippen molar-refractivity contribution in [3.63, 3.8) is 0 Å². The van der Waals surface area contributed by atoms with Gasteiger partial charge in [0.15, 0.2) is 0 Å². The van der Waals surface area contributed by atoms with Crippen molar-refractivity contribution in [2.24, 2.45) is 0 Å². The van der Waals surface area contributed by atoms with Gasteiger partial charge in [0.2, 0.25) is 0 Å². The zero-order valence-corrected chi connectivity index (χ0v) is 8.75. The fourth-order valence-electron chi connectivity index (χ4n) is 2.05. The summed E-state index contributed by atoms with van der Waals surface area (Å²) >= 11 is 0. The van der Waals surface area contributed by atoms with Gasteiger partial charge < -0.3 is 15.4 Å². The van der Waals surface area contributed by atoms with Crippen LogP contribution >= 0.6 is 0 Å². The third-order valence-electron chi connectivity index (χ3n) is 3.07. The summed E-state index contributed by atoms with van der Waals surface area (Å²) in [5, 5.41) is 6.62. The number of benzene rings is 1. The Labute approximate surface area is 89.8 Å². The van der Waals surface area contributed by atoms with Crippen LogP contribution in [0.15, 0.2) is 18.2 Å². The smallest absolute Gasteiger partial charge is 0.123 e. The van der Waals surface area contributed by atoms with Gasteiger partial charge >= 0.3 is 0 Å². The second-order valence-corrected chi connectivity index (χ2v) is 4.25. The van der Waals surface area contributed by atoms with Gasteiger partial charge in [-0.1, -0.05) is 6.07 Å². The molecule has 0 saturated carbocycles. The van der Waals surface area contributed by atoms with Crippen molar-refractivity contribution in [3.8, 4) is 5.75 Å². The second kappa shape index (κ2) is 3.74. The highest BCUT2D eigenvalue weighted by molar-refractivity contribution is 5.56. The zero-order valence-electron chi connectivity index (χ0n) is 8.75. The van der Waals surface area contributed by atoms with Crippen molar-refractivity contribution in [1.29, 1.82) is 0 Å². The van der Waals surface area contributed by atoms with Crippen LogP contribution in [0.3, 0.4) is 0 Å². The van der Waals surface area contributed by atoms with E-state index in [1.54, 1.807) is 0 Å². The quantitative estimate of drug-likeness (QED) is 0.764. The number of hydrogen-bond donors (Lipinski definition) is 2. The molecule has 1 aromatic rings. The van der Waals surface area contributed by atoms with E-state index in [9.17, 15) is 0 Å². The monoisotopic (exact) mass is 204 g/mol. The summed E-state index contributed by atoms with van der Waals surface area (Å²) in [4.78, 5) is 0. The molecule has 0 bridgehead atoms. The third kappa shape index (κ3) is 1.79.